The molecule has 2 heterocycles. The summed E-state index contributed by atoms with van der Waals surface area (Å²) < 4.78 is 32.8. The number of hydrogen-bond donors (Lipinski definition) is 1. The van der Waals surface area contributed by atoms with E-state index >= 15 is 0 Å². The molecule has 2 unspecified atom stereocenters. The molecule has 0 amide bonds. The smallest absolute Gasteiger partial charge is 0.193 e. The lowest BCUT2D eigenvalue weighted by Crippen LogP contribution is -2.49. The van der Waals surface area contributed by atoms with E-state index < -0.39 is 11.6 Å². The summed E-state index contributed by atoms with van der Waals surface area (Å²) in [6.45, 7) is 6.77. The van der Waals surface area contributed by atoms with Crippen molar-refractivity contribution in [1.82, 2.24) is 10.2 Å². The zero-order chi connectivity index (χ0) is 21.8. The molecule has 0 radical (unpaired) electrons. The Labute approximate surface area is 205 Å². The number of guanidine groups is 1. The molecule has 0 saturated carbocycles. The first kappa shape index (κ1) is 24.7. The topological polar surface area (TPSA) is 40.1 Å². The van der Waals surface area contributed by atoms with Crippen LogP contribution in [0.25, 0.3) is 0 Å². The van der Waals surface area contributed by atoms with Crippen molar-refractivity contribution in [2.24, 2.45) is 10.9 Å². The number of anilines is 1. The van der Waals surface area contributed by atoms with Crippen molar-refractivity contribution in [2.45, 2.75) is 19.4 Å². The molecular formula is C24H31F2IN4O. The number of aryl methyl sites for hydroxylation is 1. The summed E-state index contributed by atoms with van der Waals surface area (Å²) in [6, 6.07) is 12.5. The van der Waals surface area contributed by atoms with E-state index in [-0.39, 0.29) is 30.1 Å². The summed E-state index contributed by atoms with van der Waals surface area (Å²) in [5.41, 5.74) is 3.20. The van der Waals surface area contributed by atoms with Crippen LogP contribution in [0.15, 0.2) is 47.5 Å². The van der Waals surface area contributed by atoms with Crippen LogP contribution in [-0.2, 0) is 4.74 Å². The second kappa shape index (κ2) is 11.3. The van der Waals surface area contributed by atoms with Crippen LogP contribution in [-0.4, -0.2) is 57.2 Å². The van der Waals surface area contributed by atoms with E-state index in [9.17, 15) is 8.78 Å². The van der Waals surface area contributed by atoms with Gasteiger partial charge in [0.15, 0.2) is 17.6 Å². The number of nitrogens with zero attached hydrogens (tertiary/aromatic N) is 3. The maximum atomic E-state index is 13.6. The van der Waals surface area contributed by atoms with Crippen LogP contribution in [0, 0.1) is 24.5 Å². The van der Waals surface area contributed by atoms with Crippen molar-refractivity contribution in [3.8, 4) is 0 Å². The molecule has 2 aromatic rings. The number of hydrogen-bond acceptors (Lipinski definition) is 3. The lowest BCUT2D eigenvalue weighted by atomic mass is 10.0. The number of nitrogens with one attached hydrogen (secondary N) is 1. The molecule has 4 rings (SSSR count). The Hall–Kier alpha value is -1.94. The molecule has 0 aromatic heterocycles. The van der Waals surface area contributed by atoms with E-state index in [4.69, 9.17) is 4.74 Å². The van der Waals surface area contributed by atoms with Crippen LogP contribution in [0.2, 0.25) is 0 Å². The highest BCUT2D eigenvalue weighted by atomic mass is 127. The number of ether oxygens (including phenoxy) is 1. The number of aliphatic imine (C=N–C) groups is 1. The minimum atomic E-state index is -0.806. The summed E-state index contributed by atoms with van der Waals surface area (Å²) in [5, 5.41) is 3.52. The Kier molecular flexibility index (Phi) is 8.70. The standard InChI is InChI=1S/C24H30F2N4O.HI/c1-17-5-3-4-6-20(17)23-16-30(11-12-31-23)24(27-2)28-14-18-9-10-29(15-18)19-7-8-21(25)22(26)13-19;/h3-8,13,18,23H,9-12,14-16H2,1-2H3,(H,27,28);1H. The largest absolute Gasteiger partial charge is 0.371 e. The van der Waals surface area contributed by atoms with Crippen molar-refractivity contribution in [1.29, 1.82) is 0 Å². The molecule has 2 saturated heterocycles. The van der Waals surface area contributed by atoms with E-state index in [1.165, 1.54) is 23.3 Å². The average Bonchev–Trinajstić information content (AvgIpc) is 3.26. The molecule has 2 atom stereocenters. The van der Waals surface area contributed by atoms with Crippen molar-refractivity contribution in [2.75, 3.05) is 51.3 Å². The zero-order valence-electron chi connectivity index (χ0n) is 18.6. The van der Waals surface area contributed by atoms with Gasteiger partial charge in [0.05, 0.1) is 13.2 Å². The minimum absolute atomic E-state index is 0. The number of rotatable bonds is 4. The van der Waals surface area contributed by atoms with Crippen LogP contribution in [0.4, 0.5) is 14.5 Å². The molecule has 2 fully saturated rings. The van der Waals surface area contributed by atoms with E-state index in [1.54, 1.807) is 6.07 Å². The maximum Gasteiger partial charge on any atom is 0.193 e. The van der Waals surface area contributed by atoms with Crippen molar-refractivity contribution in [3.05, 3.63) is 65.2 Å². The van der Waals surface area contributed by atoms with E-state index in [0.29, 0.717) is 12.5 Å². The molecule has 0 aliphatic carbocycles. The van der Waals surface area contributed by atoms with Crippen molar-refractivity contribution < 1.29 is 13.5 Å². The average molecular weight is 556 g/mol. The van der Waals surface area contributed by atoms with Gasteiger partial charge < -0.3 is 19.9 Å². The summed E-state index contributed by atoms with van der Waals surface area (Å²) in [6.07, 6.45) is 1.03. The predicted octanol–water partition coefficient (Wildman–Crippen LogP) is 4.37. The lowest BCUT2D eigenvalue weighted by molar-refractivity contribution is -0.00835. The third-order valence-electron chi connectivity index (χ3n) is 6.22. The van der Waals surface area contributed by atoms with Gasteiger partial charge in [0, 0.05) is 45.0 Å². The van der Waals surface area contributed by atoms with Gasteiger partial charge in [-0.1, -0.05) is 24.3 Å². The molecule has 8 heteroatoms. The maximum absolute atomic E-state index is 13.6. The monoisotopic (exact) mass is 556 g/mol. The Morgan fingerprint density at radius 2 is 1.94 bits per heavy atom. The molecule has 2 aliphatic heterocycles. The van der Waals surface area contributed by atoms with Gasteiger partial charge in [0.1, 0.15) is 6.10 Å². The Bertz CT molecular complexity index is 942. The number of morpholine rings is 1. The van der Waals surface area contributed by atoms with Crippen molar-refractivity contribution >= 4 is 35.6 Å². The first-order valence-electron chi connectivity index (χ1n) is 10.9. The van der Waals surface area contributed by atoms with Crippen LogP contribution in [0.1, 0.15) is 23.7 Å². The van der Waals surface area contributed by atoms with Crippen LogP contribution in [0.5, 0.6) is 0 Å². The Morgan fingerprint density at radius 1 is 1.12 bits per heavy atom. The molecule has 32 heavy (non-hydrogen) atoms. The Morgan fingerprint density at radius 3 is 2.69 bits per heavy atom. The molecular weight excluding hydrogens is 525 g/mol. The highest BCUT2D eigenvalue weighted by molar-refractivity contribution is 14.0. The lowest BCUT2D eigenvalue weighted by Gasteiger charge is -2.36. The van der Waals surface area contributed by atoms with Gasteiger partial charge in [-0.25, -0.2) is 8.78 Å². The third kappa shape index (κ3) is 5.70. The first-order valence-corrected chi connectivity index (χ1v) is 10.9. The molecule has 0 spiro atoms. The van der Waals surface area contributed by atoms with Gasteiger partial charge in [-0.15, -0.1) is 24.0 Å². The normalized spacial score (nSPS) is 21.4. The fraction of sp³-hybridized carbons (Fsp3) is 0.458. The minimum Gasteiger partial charge on any atom is -0.371 e. The number of halogens is 3. The van der Waals surface area contributed by atoms with Crippen LogP contribution >= 0.6 is 24.0 Å². The van der Waals surface area contributed by atoms with Gasteiger partial charge in [0.25, 0.3) is 0 Å². The third-order valence-corrected chi connectivity index (χ3v) is 6.22. The molecule has 174 valence electrons. The number of benzene rings is 2. The van der Waals surface area contributed by atoms with Crippen molar-refractivity contribution in [3.63, 3.8) is 0 Å². The molecule has 5 nitrogen and oxygen atoms in total. The predicted molar refractivity (Wildman–Crippen MR) is 135 cm³/mol. The van der Waals surface area contributed by atoms with E-state index in [2.05, 4.69) is 45.2 Å². The summed E-state index contributed by atoms with van der Waals surface area (Å²) in [7, 11) is 1.81. The second-order valence-electron chi connectivity index (χ2n) is 8.29. The van der Waals surface area contributed by atoms with Gasteiger partial charge in [0.2, 0.25) is 0 Å². The highest BCUT2D eigenvalue weighted by Gasteiger charge is 2.27. The summed E-state index contributed by atoms with van der Waals surface area (Å²) in [5.74, 6) is -0.305. The SMILES string of the molecule is CN=C(NCC1CCN(c2ccc(F)c(F)c2)C1)N1CCOC(c2ccccc2C)C1.I. The van der Waals surface area contributed by atoms with E-state index in [1.807, 2.05) is 13.1 Å². The fourth-order valence-corrected chi connectivity index (χ4v) is 4.46. The Balaban J connectivity index is 0.00000289. The molecule has 2 aromatic carbocycles. The molecule has 0 bridgehead atoms. The first-order chi connectivity index (χ1) is 15.0. The summed E-state index contributed by atoms with van der Waals surface area (Å²) in [4.78, 5) is 8.86. The molecule has 2 aliphatic rings. The van der Waals surface area contributed by atoms with E-state index in [0.717, 1.165) is 50.8 Å². The zero-order valence-corrected chi connectivity index (χ0v) is 20.9. The van der Waals surface area contributed by atoms with Gasteiger partial charge in [-0.2, -0.15) is 0 Å². The summed E-state index contributed by atoms with van der Waals surface area (Å²) >= 11 is 0. The second-order valence-corrected chi connectivity index (χ2v) is 8.29. The van der Waals surface area contributed by atoms with Crippen LogP contribution < -0.4 is 10.2 Å². The van der Waals surface area contributed by atoms with Gasteiger partial charge in [-0.05, 0) is 42.5 Å². The van der Waals surface area contributed by atoms with Crippen LogP contribution in [0.3, 0.4) is 0 Å². The highest BCUT2D eigenvalue weighted by Crippen LogP contribution is 2.26. The fourth-order valence-electron chi connectivity index (χ4n) is 4.46. The quantitative estimate of drug-likeness (QED) is 0.345. The van der Waals surface area contributed by atoms with Gasteiger partial charge >= 0.3 is 0 Å². The van der Waals surface area contributed by atoms with Gasteiger partial charge in [-0.3, -0.25) is 4.99 Å². The molecule has 1 N–H and O–H groups in total.